The molecule has 1 aromatic heterocycles. The molecule has 0 spiro atoms. The van der Waals surface area contributed by atoms with E-state index in [1.54, 1.807) is 24.3 Å². The Kier molecular flexibility index (Phi) is 5.79. The predicted molar refractivity (Wildman–Crippen MR) is 102 cm³/mol. The molecule has 9 heteroatoms. The Morgan fingerprint density at radius 2 is 1.79 bits per heavy atom. The van der Waals surface area contributed by atoms with Crippen LogP contribution in [0.25, 0.3) is 22.0 Å². The van der Waals surface area contributed by atoms with Gasteiger partial charge in [-0.25, -0.2) is 4.98 Å². The van der Waals surface area contributed by atoms with Gasteiger partial charge in [0.2, 0.25) is 0 Å². The van der Waals surface area contributed by atoms with Crippen LogP contribution in [0.5, 0.6) is 17.2 Å². The van der Waals surface area contributed by atoms with Gasteiger partial charge in [0.1, 0.15) is 5.75 Å². The molecule has 0 saturated heterocycles. The number of ether oxygens (including phenoxy) is 3. The van der Waals surface area contributed by atoms with Crippen molar-refractivity contribution in [3.8, 4) is 17.2 Å². The molecular formula is C19H15ClF2N2O4. The van der Waals surface area contributed by atoms with Crippen LogP contribution in [0.3, 0.4) is 0 Å². The monoisotopic (exact) mass is 408 g/mol. The first kappa shape index (κ1) is 19.6. The van der Waals surface area contributed by atoms with E-state index >= 15 is 0 Å². The number of alkyl halides is 2. The predicted octanol–water partition coefficient (Wildman–Crippen LogP) is 4.28. The van der Waals surface area contributed by atoms with Crippen LogP contribution in [0, 0.1) is 0 Å². The summed E-state index contributed by atoms with van der Waals surface area (Å²) in [6.07, 6.45) is 1.54. The fraction of sp³-hybridized carbons (Fsp3) is 0.158. The number of hydrogen-bond donors (Lipinski definition) is 1. The van der Waals surface area contributed by atoms with Crippen molar-refractivity contribution in [2.45, 2.75) is 6.61 Å². The SMILES string of the molecule is COc1cc2nc(/C(Cl)=C/c3ccc(OC(F)F)cc3)[nH]c(=O)c2cc1OC. The fourth-order valence-corrected chi connectivity index (χ4v) is 2.75. The van der Waals surface area contributed by atoms with Crippen LogP contribution >= 0.6 is 11.6 Å². The standard InChI is InChI=1S/C19H15ClF2N2O4/c1-26-15-8-12-14(9-16(15)27-2)23-17(24-18(12)25)13(20)7-10-3-5-11(6-4-10)28-19(21)22/h3-9,19H,1-2H3,(H,23,24,25)/b13-7-. The molecule has 3 rings (SSSR count). The zero-order chi connectivity index (χ0) is 20.3. The second-order valence-electron chi connectivity index (χ2n) is 5.58. The molecule has 0 amide bonds. The molecule has 0 bridgehead atoms. The van der Waals surface area contributed by atoms with Crippen molar-refractivity contribution < 1.29 is 23.0 Å². The molecule has 0 unspecified atom stereocenters. The third-order valence-electron chi connectivity index (χ3n) is 3.84. The molecule has 0 radical (unpaired) electrons. The first-order valence-electron chi connectivity index (χ1n) is 7.99. The van der Waals surface area contributed by atoms with E-state index in [-0.39, 0.29) is 16.6 Å². The van der Waals surface area contributed by atoms with Crippen LogP contribution in [0.15, 0.2) is 41.2 Å². The number of hydrogen-bond acceptors (Lipinski definition) is 5. The van der Waals surface area contributed by atoms with Gasteiger partial charge in [-0.2, -0.15) is 8.78 Å². The Morgan fingerprint density at radius 3 is 2.39 bits per heavy atom. The minimum Gasteiger partial charge on any atom is -0.493 e. The molecule has 3 aromatic rings. The molecule has 28 heavy (non-hydrogen) atoms. The lowest BCUT2D eigenvalue weighted by Gasteiger charge is -2.09. The van der Waals surface area contributed by atoms with E-state index in [1.807, 2.05) is 0 Å². The minimum absolute atomic E-state index is 0.0292. The zero-order valence-corrected chi connectivity index (χ0v) is 15.6. The molecule has 0 atom stereocenters. The van der Waals surface area contributed by atoms with Crippen LogP contribution in [-0.4, -0.2) is 30.8 Å². The molecule has 0 saturated carbocycles. The summed E-state index contributed by atoms with van der Waals surface area (Å²) in [5, 5.41) is 0.482. The summed E-state index contributed by atoms with van der Waals surface area (Å²) in [4.78, 5) is 19.4. The summed E-state index contributed by atoms with van der Waals surface area (Å²) in [6, 6.07) is 8.97. The minimum atomic E-state index is -2.90. The molecule has 0 aliphatic heterocycles. The Labute approximate surface area is 163 Å². The molecule has 0 aliphatic rings. The highest BCUT2D eigenvalue weighted by molar-refractivity contribution is 6.50. The number of halogens is 3. The average molecular weight is 409 g/mol. The van der Waals surface area contributed by atoms with Crippen molar-refractivity contribution in [1.29, 1.82) is 0 Å². The third kappa shape index (κ3) is 4.23. The maximum atomic E-state index is 12.4. The van der Waals surface area contributed by atoms with Crippen LogP contribution in [0.4, 0.5) is 8.78 Å². The van der Waals surface area contributed by atoms with Crippen LogP contribution in [0.1, 0.15) is 11.4 Å². The van der Waals surface area contributed by atoms with Crippen molar-refractivity contribution >= 4 is 33.6 Å². The first-order chi connectivity index (χ1) is 13.4. The second kappa shape index (κ2) is 8.26. The van der Waals surface area contributed by atoms with E-state index in [0.29, 0.717) is 28.0 Å². The molecule has 2 aromatic carbocycles. The van der Waals surface area contributed by atoms with Crippen molar-refractivity contribution in [2.24, 2.45) is 0 Å². The lowest BCUT2D eigenvalue weighted by molar-refractivity contribution is -0.0498. The quantitative estimate of drug-likeness (QED) is 0.659. The number of aromatic nitrogens is 2. The summed E-state index contributed by atoms with van der Waals surface area (Å²) in [7, 11) is 2.95. The highest BCUT2D eigenvalue weighted by Crippen LogP contribution is 2.30. The van der Waals surface area contributed by atoms with Crippen LogP contribution in [-0.2, 0) is 0 Å². The summed E-state index contributed by atoms with van der Waals surface area (Å²) in [5.41, 5.74) is 0.596. The van der Waals surface area contributed by atoms with E-state index in [9.17, 15) is 13.6 Å². The molecule has 0 fully saturated rings. The molecule has 0 aliphatic carbocycles. The van der Waals surface area contributed by atoms with Gasteiger partial charge in [0.15, 0.2) is 17.3 Å². The highest BCUT2D eigenvalue weighted by Gasteiger charge is 2.12. The maximum absolute atomic E-state index is 12.4. The van der Waals surface area contributed by atoms with Gasteiger partial charge in [-0.3, -0.25) is 4.79 Å². The van der Waals surface area contributed by atoms with E-state index in [4.69, 9.17) is 21.1 Å². The number of aromatic amines is 1. The maximum Gasteiger partial charge on any atom is 0.387 e. The molecule has 6 nitrogen and oxygen atoms in total. The van der Waals surface area contributed by atoms with Gasteiger partial charge in [-0.15, -0.1) is 0 Å². The number of nitrogens with zero attached hydrogens (tertiary/aromatic N) is 1. The molecule has 1 N–H and O–H groups in total. The van der Waals surface area contributed by atoms with E-state index in [1.165, 1.54) is 32.4 Å². The average Bonchev–Trinajstić information content (AvgIpc) is 2.68. The van der Waals surface area contributed by atoms with Crippen LogP contribution in [0.2, 0.25) is 0 Å². The van der Waals surface area contributed by atoms with E-state index in [2.05, 4.69) is 14.7 Å². The second-order valence-corrected chi connectivity index (χ2v) is 5.99. The Balaban J connectivity index is 1.98. The topological polar surface area (TPSA) is 73.4 Å². The lowest BCUT2D eigenvalue weighted by Crippen LogP contribution is -2.11. The van der Waals surface area contributed by atoms with E-state index in [0.717, 1.165) is 0 Å². The highest BCUT2D eigenvalue weighted by atomic mass is 35.5. The Morgan fingerprint density at radius 1 is 1.14 bits per heavy atom. The largest absolute Gasteiger partial charge is 0.493 e. The number of rotatable bonds is 6. The summed E-state index contributed by atoms with van der Waals surface area (Å²) in [6.45, 7) is -2.90. The fourth-order valence-electron chi connectivity index (χ4n) is 2.54. The number of nitrogens with one attached hydrogen (secondary N) is 1. The van der Waals surface area contributed by atoms with Gasteiger partial charge in [-0.1, -0.05) is 23.7 Å². The van der Waals surface area contributed by atoms with Gasteiger partial charge in [0.05, 0.1) is 30.2 Å². The van der Waals surface area contributed by atoms with Crippen molar-refractivity contribution in [3.05, 3.63) is 58.1 Å². The summed E-state index contributed by atoms with van der Waals surface area (Å²) >= 11 is 6.29. The van der Waals surface area contributed by atoms with Gasteiger partial charge in [-0.05, 0) is 29.8 Å². The normalized spacial score (nSPS) is 11.7. The number of methoxy groups -OCH3 is 2. The number of H-pyrrole nitrogens is 1. The van der Waals surface area contributed by atoms with Gasteiger partial charge < -0.3 is 19.2 Å². The lowest BCUT2D eigenvalue weighted by atomic mass is 10.2. The van der Waals surface area contributed by atoms with Crippen LogP contribution < -0.4 is 19.8 Å². The van der Waals surface area contributed by atoms with Crippen molar-refractivity contribution in [2.75, 3.05) is 14.2 Å². The number of benzene rings is 2. The first-order valence-corrected chi connectivity index (χ1v) is 8.37. The van der Waals surface area contributed by atoms with Gasteiger partial charge >= 0.3 is 6.61 Å². The molecule has 1 heterocycles. The summed E-state index contributed by atoms with van der Waals surface area (Å²) in [5.74, 6) is 1.01. The van der Waals surface area contributed by atoms with Crippen molar-refractivity contribution in [1.82, 2.24) is 9.97 Å². The van der Waals surface area contributed by atoms with E-state index < -0.39 is 12.2 Å². The third-order valence-corrected chi connectivity index (χ3v) is 4.12. The van der Waals surface area contributed by atoms with Crippen molar-refractivity contribution in [3.63, 3.8) is 0 Å². The summed E-state index contributed by atoms with van der Waals surface area (Å²) < 4.78 is 39.1. The number of fused-ring (bicyclic) bond motifs is 1. The Bertz CT molecular complexity index is 1080. The molecular weight excluding hydrogens is 394 g/mol. The Hall–Kier alpha value is -3.13. The van der Waals surface area contributed by atoms with Gasteiger partial charge in [0.25, 0.3) is 5.56 Å². The van der Waals surface area contributed by atoms with Gasteiger partial charge in [0, 0.05) is 6.07 Å². The zero-order valence-electron chi connectivity index (χ0n) is 14.8. The smallest absolute Gasteiger partial charge is 0.387 e. The molecule has 146 valence electrons.